The van der Waals surface area contributed by atoms with Gasteiger partial charge >= 0.3 is 5.97 Å². The molecule has 0 saturated heterocycles. The fourth-order valence-corrected chi connectivity index (χ4v) is 1.04. The lowest BCUT2D eigenvalue weighted by molar-refractivity contribution is 0.0690. The smallest absolute Gasteiger partial charge is 0.354 e. The van der Waals surface area contributed by atoms with Crippen LogP contribution in [0.2, 0.25) is 0 Å². The maximum atomic E-state index is 10.7. The lowest BCUT2D eigenvalue weighted by Gasteiger charge is -2.05. The Balaban J connectivity index is 3.06. The van der Waals surface area contributed by atoms with Gasteiger partial charge in [-0.2, -0.15) is 0 Å². The molecule has 0 aliphatic carbocycles. The number of hydrogen-bond donors (Lipinski definition) is 2. The normalized spacial score (nSPS) is 9.86. The Morgan fingerprint density at radius 1 is 1.50 bits per heavy atom. The van der Waals surface area contributed by atoms with E-state index >= 15 is 0 Å². The number of nitrogens with one attached hydrogen (secondary N) is 1. The van der Waals surface area contributed by atoms with Crippen molar-refractivity contribution in [2.45, 2.75) is 20.3 Å². The highest BCUT2D eigenvalue weighted by Gasteiger charge is 2.08. The summed E-state index contributed by atoms with van der Waals surface area (Å²) in [6.07, 6.45) is 0.625. The van der Waals surface area contributed by atoms with Crippen molar-refractivity contribution in [3.05, 3.63) is 17.6 Å². The molecule has 0 aliphatic rings. The zero-order valence-electron chi connectivity index (χ0n) is 8.24. The number of aromatic carboxylic acids is 1. The monoisotopic (exact) mass is 195 g/mol. The number of carboxylic acids is 1. The highest BCUT2D eigenvalue weighted by atomic mass is 16.4. The lowest BCUT2D eigenvalue weighted by Crippen LogP contribution is -2.08. The first-order valence-electron chi connectivity index (χ1n) is 4.52. The molecule has 5 heteroatoms. The first kappa shape index (κ1) is 10.4. The van der Waals surface area contributed by atoms with E-state index in [0.29, 0.717) is 24.6 Å². The van der Waals surface area contributed by atoms with Crippen molar-refractivity contribution in [2.75, 3.05) is 11.9 Å². The number of carboxylic acid groups (broad SMARTS) is 1. The van der Waals surface area contributed by atoms with Crippen LogP contribution in [0.25, 0.3) is 0 Å². The molecule has 0 aromatic carbocycles. The zero-order valence-corrected chi connectivity index (χ0v) is 8.24. The average Bonchev–Trinajstić information content (AvgIpc) is 2.17. The highest BCUT2D eigenvalue weighted by molar-refractivity contribution is 5.86. The number of carbonyl (C=O) groups is 1. The second-order valence-electron chi connectivity index (χ2n) is 2.74. The molecular formula is C9H13N3O2. The van der Waals surface area contributed by atoms with Gasteiger partial charge in [-0.15, -0.1) is 0 Å². The summed E-state index contributed by atoms with van der Waals surface area (Å²) in [5.74, 6) is 0.0823. The molecule has 1 aromatic heterocycles. The molecule has 0 unspecified atom stereocenters. The molecule has 0 aliphatic heterocycles. The molecule has 0 bridgehead atoms. The van der Waals surface area contributed by atoms with Gasteiger partial charge in [0.05, 0.1) is 0 Å². The quantitative estimate of drug-likeness (QED) is 0.754. The molecule has 0 saturated carbocycles. The highest BCUT2D eigenvalue weighted by Crippen LogP contribution is 2.07. The first-order chi connectivity index (χ1) is 6.67. The molecule has 1 heterocycles. The van der Waals surface area contributed by atoms with Crippen molar-refractivity contribution in [3.63, 3.8) is 0 Å². The Kier molecular flexibility index (Phi) is 3.39. The summed E-state index contributed by atoms with van der Waals surface area (Å²) in [7, 11) is 0. The van der Waals surface area contributed by atoms with E-state index < -0.39 is 5.97 Å². The lowest BCUT2D eigenvalue weighted by atomic mass is 10.3. The first-order valence-corrected chi connectivity index (χ1v) is 4.52. The Morgan fingerprint density at radius 3 is 2.71 bits per heavy atom. The number of nitrogens with zero attached hydrogens (tertiary/aromatic N) is 2. The van der Waals surface area contributed by atoms with E-state index in [4.69, 9.17) is 5.11 Å². The van der Waals surface area contributed by atoms with Crippen molar-refractivity contribution >= 4 is 11.8 Å². The maximum Gasteiger partial charge on any atom is 0.354 e. The summed E-state index contributed by atoms with van der Waals surface area (Å²) in [5, 5.41) is 11.7. The van der Waals surface area contributed by atoms with Gasteiger partial charge in [-0.05, 0) is 6.92 Å². The van der Waals surface area contributed by atoms with Crippen molar-refractivity contribution in [2.24, 2.45) is 0 Å². The Morgan fingerprint density at radius 2 is 2.21 bits per heavy atom. The third-order valence-electron chi connectivity index (χ3n) is 1.67. The molecule has 0 amide bonds. The van der Waals surface area contributed by atoms with Gasteiger partial charge in [-0.25, -0.2) is 14.8 Å². The Hall–Kier alpha value is -1.65. The van der Waals surface area contributed by atoms with Gasteiger partial charge in [-0.3, -0.25) is 0 Å². The molecule has 1 aromatic rings. The number of rotatable bonds is 4. The van der Waals surface area contributed by atoms with E-state index in [-0.39, 0.29) is 5.69 Å². The largest absolute Gasteiger partial charge is 0.477 e. The minimum Gasteiger partial charge on any atom is -0.477 e. The molecule has 0 fully saturated rings. The predicted molar refractivity (Wildman–Crippen MR) is 52.5 cm³/mol. The summed E-state index contributed by atoms with van der Waals surface area (Å²) in [5.41, 5.74) is 0.0350. The third-order valence-corrected chi connectivity index (χ3v) is 1.67. The van der Waals surface area contributed by atoms with Gasteiger partial charge < -0.3 is 10.4 Å². The number of aryl methyl sites for hydroxylation is 1. The summed E-state index contributed by atoms with van der Waals surface area (Å²) >= 11 is 0. The molecule has 0 spiro atoms. The van der Waals surface area contributed by atoms with E-state index in [1.165, 1.54) is 6.07 Å². The SMILES string of the molecule is CCNc1cc(C(=O)O)nc(CC)n1. The third kappa shape index (κ3) is 2.42. The van der Waals surface area contributed by atoms with Crippen LogP contribution in [0.5, 0.6) is 0 Å². The van der Waals surface area contributed by atoms with Gasteiger partial charge in [0.15, 0.2) is 5.69 Å². The van der Waals surface area contributed by atoms with E-state index in [1.807, 2.05) is 13.8 Å². The second-order valence-corrected chi connectivity index (χ2v) is 2.74. The number of anilines is 1. The van der Waals surface area contributed by atoms with E-state index in [0.717, 1.165) is 0 Å². The summed E-state index contributed by atoms with van der Waals surface area (Å²) in [6, 6.07) is 1.44. The van der Waals surface area contributed by atoms with E-state index in [9.17, 15) is 4.79 Å². The minimum atomic E-state index is -1.03. The fourth-order valence-electron chi connectivity index (χ4n) is 1.04. The number of hydrogen-bond acceptors (Lipinski definition) is 4. The van der Waals surface area contributed by atoms with Crippen LogP contribution < -0.4 is 5.32 Å². The van der Waals surface area contributed by atoms with Crippen LogP contribution in [-0.2, 0) is 6.42 Å². The molecule has 0 atom stereocenters. The van der Waals surface area contributed by atoms with Crippen molar-refractivity contribution < 1.29 is 9.90 Å². The topological polar surface area (TPSA) is 75.1 Å². The van der Waals surface area contributed by atoms with Crippen LogP contribution in [0.4, 0.5) is 5.82 Å². The van der Waals surface area contributed by atoms with Crippen LogP contribution in [0.1, 0.15) is 30.2 Å². The minimum absolute atomic E-state index is 0.0350. The van der Waals surface area contributed by atoms with Crippen LogP contribution in [0, 0.1) is 0 Å². The van der Waals surface area contributed by atoms with Gasteiger partial charge in [0, 0.05) is 19.0 Å². The average molecular weight is 195 g/mol. The summed E-state index contributed by atoms with van der Waals surface area (Å²) < 4.78 is 0. The molecular weight excluding hydrogens is 182 g/mol. The maximum absolute atomic E-state index is 10.7. The molecule has 5 nitrogen and oxygen atoms in total. The van der Waals surface area contributed by atoms with Crippen LogP contribution in [0.3, 0.4) is 0 Å². The van der Waals surface area contributed by atoms with Crippen LogP contribution in [0.15, 0.2) is 6.07 Å². The standard InChI is InChI=1S/C9H13N3O2/c1-3-7-11-6(9(13)14)5-8(12-7)10-4-2/h5H,3-4H2,1-2H3,(H,13,14)(H,10,11,12). The van der Waals surface area contributed by atoms with Gasteiger partial charge in [0.25, 0.3) is 0 Å². The van der Waals surface area contributed by atoms with E-state index in [2.05, 4.69) is 15.3 Å². The van der Waals surface area contributed by atoms with Gasteiger partial charge in [-0.1, -0.05) is 6.92 Å². The van der Waals surface area contributed by atoms with Crippen LogP contribution >= 0.6 is 0 Å². The molecule has 2 N–H and O–H groups in total. The zero-order chi connectivity index (χ0) is 10.6. The predicted octanol–water partition coefficient (Wildman–Crippen LogP) is 1.17. The molecule has 0 radical (unpaired) electrons. The van der Waals surface area contributed by atoms with Crippen molar-refractivity contribution in [1.29, 1.82) is 0 Å². The van der Waals surface area contributed by atoms with Gasteiger partial charge in [0.1, 0.15) is 11.6 Å². The second kappa shape index (κ2) is 4.55. The molecule has 76 valence electrons. The molecule has 14 heavy (non-hydrogen) atoms. The Bertz CT molecular complexity index is 339. The Labute approximate surface area is 82.2 Å². The fraction of sp³-hybridized carbons (Fsp3) is 0.444. The van der Waals surface area contributed by atoms with Crippen molar-refractivity contribution in [3.8, 4) is 0 Å². The van der Waals surface area contributed by atoms with E-state index in [1.54, 1.807) is 0 Å². The number of aromatic nitrogens is 2. The summed E-state index contributed by atoms with van der Waals surface area (Å²) in [4.78, 5) is 18.7. The van der Waals surface area contributed by atoms with Crippen molar-refractivity contribution in [1.82, 2.24) is 9.97 Å². The van der Waals surface area contributed by atoms with Gasteiger partial charge in [0.2, 0.25) is 0 Å². The summed E-state index contributed by atoms with van der Waals surface area (Å²) in [6.45, 7) is 4.52. The molecule has 1 rings (SSSR count). The van der Waals surface area contributed by atoms with Crippen LogP contribution in [-0.4, -0.2) is 27.6 Å².